The molecule has 1 fully saturated rings. The normalized spacial score (nSPS) is 14.5. The molecule has 1 saturated heterocycles. The third-order valence-corrected chi connectivity index (χ3v) is 5.66. The summed E-state index contributed by atoms with van der Waals surface area (Å²) in [6.07, 6.45) is 2.23. The molecule has 6 nitrogen and oxygen atoms in total. The molecule has 0 atom stereocenters. The molecular weight excluding hydrogens is 376 g/mol. The van der Waals surface area contributed by atoms with Crippen LogP contribution < -0.4 is 10.1 Å². The van der Waals surface area contributed by atoms with Crippen molar-refractivity contribution in [1.29, 1.82) is 0 Å². The van der Waals surface area contributed by atoms with Crippen LogP contribution in [0.2, 0.25) is 0 Å². The highest BCUT2D eigenvalue weighted by Gasteiger charge is 2.23. The Balaban J connectivity index is 1.43. The first kappa shape index (κ1) is 20.1. The highest BCUT2D eigenvalue weighted by atomic mass is 32.1. The van der Waals surface area contributed by atoms with Crippen LogP contribution in [0.15, 0.2) is 41.8 Å². The van der Waals surface area contributed by atoms with Crippen LogP contribution in [-0.4, -0.2) is 42.3 Å². The lowest BCUT2D eigenvalue weighted by molar-refractivity contribution is -0.132. The van der Waals surface area contributed by atoms with Crippen molar-refractivity contribution in [3.05, 3.63) is 52.2 Å². The summed E-state index contributed by atoms with van der Waals surface area (Å²) in [6.45, 7) is 3.35. The zero-order chi connectivity index (χ0) is 19.9. The molecule has 1 aliphatic heterocycles. The van der Waals surface area contributed by atoms with Gasteiger partial charge in [0.25, 0.3) is 5.91 Å². The number of ether oxygens (including phenoxy) is 1. The number of esters is 1. The van der Waals surface area contributed by atoms with Gasteiger partial charge in [-0.3, -0.25) is 14.4 Å². The Kier molecular flexibility index (Phi) is 6.81. The predicted molar refractivity (Wildman–Crippen MR) is 107 cm³/mol. The van der Waals surface area contributed by atoms with Crippen molar-refractivity contribution in [2.75, 3.05) is 19.6 Å². The lowest BCUT2D eigenvalue weighted by Gasteiger charge is -2.32. The Morgan fingerprint density at radius 3 is 2.64 bits per heavy atom. The molecule has 1 aromatic carbocycles. The van der Waals surface area contributed by atoms with Crippen molar-refractivity contribution in [3.8, 4) is 5.75 Å². The van der Waals surface area contributed by atoms with E-state index in [-0.39, 0.29) is 11.8 Å². The highest BCUT2D eigenvalue weighted by Crippen LogP contribution is 2.19. The number of rotatable bonds is 6. The fraction of sp³-hybridized carbons (Fsp3) is 0.381. The average molecular weight is 401 g/mol. The number of hydrogen-bond acceptors (Lipinski definition) is 5. The quantitative estimate of drug-likeness (QED) is 0.598. The number of benzene rings is 1. The number of carbonyl (C=O) groups is 3. The molecule has 0 spiro atoms. The zero-order valence-corrected chi connectivity index (χ0v) is 16.7. The summed E-state index contributed by atoms with van der Waals surface area (Å²) in [7, 11) is 0. The Morgan fingerprint density at radius 1 is 1.18 bits per heavy atom. The number of nitrogens with zero attached hydrogens (tertiary/aromatic N) is 1. The molecule has 0 saturated carbocycles. The van der Waals surface area contributed by atoms with Gasteiger partial charge in [0, 0.05) is 37.0 Å². The number of amides is 2. The first-order valence-electron chi connectivity index (χ1n) is 9.38. The van der Waals surface area contributed by atoms with Gasteiger partial charge in [0.15, 0.2) is 0 Å². The van der Waals surface area contributed by atoms with E-state index >= 15 is 0 Å². The first-order chi connectivity index (χ1) is 13.5. The van der Waals surface area contributed by atoms with Gasteiger partial charge in [0.2, 0.25) is 5.91 Å². The molecule has 1 aliphatic rings. The Morgan fingerprint density at radius 2 is 1.96 bits per heavy atom. The largest absolute Gasteiger partial charge is 0.427 e. The summed E-state index contributed by atoms with van der Waals surface area (Å²) < 4.78 is 5.02. The van der Waals surface area contributed by atoms with Gasteiger partial charge in [0.1, 0.15) is 5.75 Å². The molecule has 7 heteroatoms. The molecule has 1 aromatic heterocycles. The van der Waals surface area contributed by atoms with E-state index in [2.05, 4.69) is 5.32 Å². The second kappa shape index (κ2) is 9.50. The van der Waals surface area contributed by atoms with E-state index < -0.39 is 5.97 Å². The summed E-state index contributed by atoms with van der Waals surface area (Å²) in [5.74, 6) is 0.277. The minimum atomic E-state index is -0.419. The van der Waals surface area contributed by atoms with Crippen molar-refractivity contribution >= 4 is 29.1 Å². The fourth-order valence-electron chi connectivity index (χ4n) is 3.27. The maximum Gasteiger partial charge on any atom is 0.308 e. The van der Waals surface area contributed by atoms with E-state index in [1.54, 1.807) is 35.6 Å². The lowest BCUT2D eigenvalue weighted by Crippen LogP contribution is -2.42. The number of hydrogen-bond donors (Lipinski definition) is 1. The van der Waals surface area contributed by atoms with Crippen molar-refractivity contribution in [1.82, 2.24) is 10.2 Å². The van der Waals surface area contributed by atoms with Crippen molar-refractivity contribution < 1.29 is 19.1 Å². The van der Waals surface area contributed by atoms with Crippen LogP contribution in [0.4, 0.5) is 0 Å². The average Bonchev–Trinajstić information content (AvgIpc) is 3.19. The van der Waals surface area contributed by atoms with Gasteiger partial charge in [-0.25, -0.2) is 0 Å². The molecule has 0 aliphatic carbocycles. The van der Waals surface area contributed by atoms with Gasteiger partial charge < -0.3 is 15.0 Å². The molecule has 148 valence electrons. The highest BCUT2D eigenvalue weighted by molar-refractivity contribution is 7.10. The second-order valence-electron chi connectivity index (χ2n) is 6.91. The molecule has 0 bridgehead atoms. The summed E-state index contributed by atoms with van der Waals surface area (Å²) >= 11 is 1.61. The maximum atomic E-state index is 12.4. The van der Waals surface area contributed by atoms with E-state index in [9.17, 15) is 14.4 Å². The Bertz CT molecular complexity index is 827. The lowest BCUT2D eigenvalue weighted by atomic mass is 9.96. The summed E-state index contributed by atoms with van der Waals surface area (Å²) in [6, 6.07) is 10.5. The van der Waals surface area contributed by atoms with Gasteiger partial charge in [-0.15, -0.1) is 11.3 Å². The third kappa shape index (κ3) is 5.66. The fourth-order valence-corrected chi connectivity index (χ4v) is 3.96. The van der Waals surface area contributed by atoms with E-state index in [4.69, 9.17) is 4.74 Å². The van der Waals surface area contributed by atoms with Gasteiger partial charge in [-0.05, 0) is 48.4 Å². The number of carbonyl (C=O) groups excluding carboxylic acids is 3. The molecule has 1 N–H and O–H groups in total. The number of nitrogens with one attached hydrogen (secondary N) is 1. The molecule has 2 heterocycles. The van der Waals surface area contributed by atoms with Crippen molar-refractivity contribution in [2.24, 2.45) is 5.92 Å². The standard InChI is InChI=1S/C21H24N2O4S/c1-15(24)27-18-5-2-4-17(12-18)21(26)22-14-16-7-9-23(10-8-16)20(25)13-19-6-3-11-28-19/h2-6,11-12,16H,7-10,13-14H2,1H3,(H,22,26). The first-order valence-corrected chi connectivity index (χ1v) is 10.3. The van der Waals surface area contributed by atoms with E-state index in [1.165, 1.54) is 6.92 Å². The summed E-state index contributed by atoms with van der Waals surface area (Å²) in [4.78, 5) is 38.8. The van der Waals surface area contributed by atoms with Gasteiger partial charge in [0.05, 0.1) is 6.42 Å². The SMILES string of the molecule is CC(=O)Oc1cccc(C(=O)NCC2CCN(C(=O)Cc3cccs3)CC2)c1. The topological polar surface area (TPSA) is 75.7 Å². The van der Waals surface area contributed by atoms with Crippen molar-refractivity contribution in [2.45, 2.75) is 26.2 Å². The third-order valence-electron chi connectivity index (χ3n) is 4.78. The predicted octanol–water partition coefficient (Wildman–Crippen LogP) is 2.88. The van der Waals surface area contributed by atoms with Gasteiger partial charge in [-0.2, -0.15) is 0 Å². The second-order valence-corrected chi connectivity index (χ2v) is 7.94. The Hall–Kier alpha value is -2.67. The molecule has 2 amide bonds. The minimum absolute atomic E-state index is 0.173. The number of thiophene rings is 1. The van der Waals surface area contributed by atoms with Gasteiger partial charge >= 0.3 is 5.97 Å². The monoisotopic (exact) mass is 400 g/mol. The maximum absolute atomic E-state index is 12.4. The Labute approximate surface area is 168 Å². The van der Waals surface area contributed by atoms with Crippen LogP contribution in [0.25, 0.3) is 0 Å². The van der Waals surface area contributed by atoms with Crippen LogP contribution in [0.5, 0.6) is 5.75 Å². The van der Waals surface area contributed by atoms with Gasteiger partial charge in [-0.1, -0.05) is 12.1 Å². The van der Waals surface area contributed by atoms with Crippen LogP contribution in [-0.2, 0) is 16.0 Å². The van der Waals surface area contributed by atoms with Crippen LogP contribution in [0.1, 0.15) is 35.0 Å². The molecular formula is C21H24N2O4S. The summed E-state index contributed by atoms with van der Waals surface area (Å²) in [5.41, 5.74) is 0.460. The number of likely N-dealkylation sites (tertiary alicyclic amines) is 1. The molecule has 2 aromatic rings. The molecule has 28 heavy (non-hydrogen) atoms. The molecule has 3 rings (SSSR count). The van der Waals surface area contributed by atoms with Crippen LogP contribution in [0.3, 0.4) is 0 Å². The summed E-state index contributed by atoms with van der Waals surface area (Å²) in [5, 5.41) is 4.93. The van der Waals surface area contributed by atoms with Crippen LogP contribution in [0, 0.1) is 5.92 Å². The van der Waals surface area contributed by atoms with Crippen LogP contribution >= 0.6 is 11.3 Å². The van der Waals surface area contributed by atoms with E-state index in [0.29, 0.717) is 30.2 Å². The smallest absolute Gasteiger partial charge is 0.308 e. The van der Waals surface area contributed by atoms with Crippen molar-refractivity contribution in [3.63, 3.8) is 0 Å². The van der Waals surface area contributed by atoms with E-state index in [1.807, 2.05) is 22.4 Å². The zero-order valence-electron chi connectivity index (χ0n) is 15.8. The minimum Gasteiger partial charge on any atom is -0.427 e. The number of piperidine rings is 1. The molecule has 0 unspecified atom stereocenters. The van der Waals surface area contributed by atoms with E-state index in [0.717, 1.165) is 30.8 Å². The molecule has 0 radical (unpaired) electrons.